The third kappa shape index (κ3) is 3.46. The van der Waals surface area contributed by atoms with E-state index in [-0.39, 0.29) is 0 Å². The monoisotopic (exact) mass is 575 g/mol. The third-order valence-corrected chi connectivity index (χ3v) is 10.3. The molecule has 44 heavy (non-hydrogen) atoms. The molecular weight excluding hydrogens is 551 g/mol. The molecule has 0 spiro atoms. The molecule has 0 unspecified atom stereocenters. The summed E-state index contributed by atoms with van der Waals surface area (Å²) in [5.41, 5.74) is 13.4. The predicted molar refractivity (Wildman–Crippen MR) is 188 cm³/mol. The number of aromatic nitrogens is 1. The van der Waals surface area contributed by atoms with Gasteiger partial charge in [0.25, 0.3) is 0 Å². The quantitative estimate of drug-likeness (QED) is 0.207. The van der Waals surface area contributed by atoms with Crippen LogP contribution in [0.15, 0.2) is 149 Å². The van der Waals surface area contributed by atoms with Gasteiger partial charge in [-0.2, -0.15) is 0 Å². The standard InChI is InChI=1S/C40H24BN2S/c1-2-10-24(11-3-1)27-21-31(29-15-8-14-28-30-20-25-12-4-5-13-26(25)22-33(30)42-39(28)29)38-35(23-27)43-34-17-6-7-18-36(34)44-37-19-9-16-32(41-38)40(37)43/h1-23,42H. The van der Waals surface area contributed by atoms with Gasteiger partial charge in [0.15, 0.2) is 7.28 Å². The highest BCUT2D eigenvalue weighted by Crippen LogP contribution is 2.52. The van der Waals surface area contributed by atoms with Gasteiger partial charge in [0.05, 0.1) is 16.9 Å². The zero-order valence-corrected chi connectivity index (χ0v) is 24.5. The molecule has 3 heterocycles. The normalized spacial score (nSPS) is 13.0. The first kappa shape index (κ1) is 24.3. The first-order valence-electron chi connectivity index (χ1n) is 15.0. The summed E-state index contributed by atoms with van der Waals surface area (Å²) < 4.78 is 0. The molecular formula is C40H24BN2S. The summed E-state index contributed by atoms with van der Waals surface area (Å²) >= 11 is 1.86. The molecule has 0 saturated carbocycles. The average Bonchev–Trinajstić information content (AvgIpc) is 3.44. The summed E-state index contributed by atoms with van der Waals surface area (Å²) in [6.45, 7) is 0. The van der Waals surface area contributed by atoms with E-state index < -0.39 is 0 Å². The minimum atomic E-state index is 1.17. The molecule has 2 aliphatic rings. The smallest absolute Gasteiger partial charge is 0.197 e. The van der Waals surface area contributed by atoms with Crippen molar-refractivity contribution in [2.24, 2.45) is 0 Å². The summed E-state index contributed by atoms with van der Waals surface area (Å²) in [4.78, 5) is 8.92. The Balaban J connectivity index is 1.30. The van der Waals surface area contributed by atoms with Crippen LogP contribution in [0.2, 0.25) is 0 Å². The molecule has 2 aliphatic heterocycles. The highest BCUT2D eigenvalue weighted by atomic mass is 32.2. The Hall–Kier alpha value is -5.19. The minimum Gasteiger partial charge on any atom is -0.354 e. The molecule has 0 amide bonds. The molecule has 8 aromatic rings. The number of para-hydroxylation sites is 3. The van der Waals surface area contributed by atoms with Crippen molar-refractivity contribution >= 4 is 79.6 Å². The Kier molecular flexibility index (Phi) is 5.05. The first-order chi connectivity index (χ1) is 21.8. The molecule has 1 radical (unpaired) electrons. The second-order valence-electron chi connectivity index (χ2n) is 11.7. The SMILES string of the molecule is [B]1c2cccc3c2N(c2ccccc2S3)c2cc(-c3ccccc3)cc(-c3cccc4c3[nH]c3cc5ccccc5cc34)c21. The van der Waals surface area contributed by atoms with Gasteiger partial charge in [-0.15, -0.1) is 0 Å². The Bertz CT molecular complexity index is 2460. The van der Waals surface area contributed by atoms with Gasteiger partial charge in [-0.3, -0.25) is 0 Å². The Morgan fingerprint density at radius 1 is 0.545 bits per heavy atom. The number of benzene rings is 7. The van der Waals surface area contributed by atoms with E-state index in [2.05, 4.69) is 157 Å². The van der Waals surface area contributed by atoms with Gasteiger partial charge in [-0.25, -0.2) is 0 Å². The van der Waals surface area contributed by atoms with Gasteiger partial charge in [0.1, 0.15) is 0 Å². The van der Waals surface area contributed by atoms with E-state index in [1.807, 2.05) is 11.8 Å². The zero-order valence-electron chi connectivity index (χ0n) is 23.7. The fourth-order valence-corrected chi connectivity index (χ4v) is 8.28. The van der Waals surface area contributed by atoms with E-state index in [0.717, 1.165) is 0 Å². The maximum atomic E-state index is 3.85. The van der Waals surface area contributed by atoms with Crippen LogP contribution in [0.1, 0.15) is 0 Å². The van der Waals surface area contributed by atoms with E-state index in [4.69, 9.17) is 0 Å². The molecule has 0 atom stereocenters. The average molecular weight is 576 g/mol. The molecule has 10 rings (SSSR count). The van der Waals surface area contributed by atoms with Crippen molar-refractivity contribution in [3.8, 4) is 22.3 Å². The lowest BCUT2D eigenvalue weighted by molar-refractivity contribution is 1.18. The van der Waals surface area contributed by atoms with E-state index in [0.29, 0.717) is 0 Å². The predicted octanol–water partition coefficient (Wildman–Crippen LogP) is 9.71. The lowest BCUT2D eigenvalue weighted by Gasteiger charge is -2.40. The second-order valence-corrected chi connectivity index (χ2v) is 12.7. The molecule has 0 fully saturated rings. The number of hydrogen-bond donors (Lipinski definition) is 1. The number of hydrogen-bond acceptors (Lipinski definition) is 2. The summed E-state index contributed by atoms with van der Waals surface area (Å²) in [5.74, 6) is 0. The van der Waals surface area contributed by atoms with E-state index in [9.17, 15) is 0 Å². The summed E-state index contributed by atoms with van der Waals surface area (Å²) in [5, 5.41) is 5.02. The summed E-state index contributed by atoms with van der Waals surface area (Å²) in [6.07, 6.45) is 0. The van der Waals surface area contributed by atoms with Crippen molar-refractivity contribution in [3.63, 3.8) is 0 Å². The molecule has 0 saturated heterocycles. The molecule has 0 aliphatic carbocycles. The van der Waals surface area contributed by atoms with Crippen LogP contribution in [0.4, 0.5) is 17.1 Å². The van der Waals surface area contributed by atoms with Crippen molar-refractivity contribution in [1.82, 2.24) is 4.98 Å². The number of nitrogens with zero attached hydrogens (tertiary/aromatic N) is 1. The Labute approximate surface area is 260 Å². The van der Waals surface area contributed by atoms with Crippen molar-refractivity contribution in [3.05, 3.63) is 140 Å². The highest BCUT2D eigenvalue weighted by Gasteiger charge is 2.34. The number of fused-ring (bicyclic) bond motifs is 8. The van der Waals surface area contributed by atoms with Crippen LogP contribution in [0.25, 0.3) is 54.8 Å². The van der Waals surface area contributed by atoms with Crippen LogP contribution < -0.4 is 15.8 Å². The van der Waals surface area contributed by atoms with Gasteiger partial charge in [-0.1, -0.05) is 114 Å². The van der Waals surface area contributed by atoms with Gasteiger partial charge in [0, 0.05) is 37.3 Å². The molecule has 2 nitrogen and oxygen atoms in total. The van der Waals surface area contributed by atoms with Crippen molar-refractivity contribution in [2.75, 3.05) is 4.90 Å². The lowest BCUT2D eigenvalue weighted by atomic mass is 9.58. The number of rotatable bonds is 2. The zero-order chi connectivity index (χ0) is 28.8. The minimum absolute atomic E-state index is 1.17. The first-order valence-corrected chi connectivity index (χ1v) is 15.8. The Morgan fingerprint density at radius 2 is 1.32 bits per heavy atom. The maximum absolute atomic E-state index is 3.85. The van der Waals surface area contributed by atoms with Crippen molar-refractivity contribution in [2.45, 2.75) is 9.79 Å². The molecule has 203 valence electrons. The number of H-pyrrole nitrogens is 1. The van der Waals surface area contributed by atoms with Crippen LogP contribution in [-0.4, -0.2) is 12.3 Å². The van der Waals surface area contributed by atoms with Crippen LogP contribution in [0, 0.1) is 0 Å². The van der Waals surface area contributed by atoms with E-state index in [1.165, 1.54) is 92.6 Å². The fourth-order valence-electron chi connectivity index (χ4n) is 7.18. The van der Waals surface area contributed by atoms with Gasteiger partial charge >= 0.3 is 0 Å². The van der Waals surface area contributed by atoms with Crippen LogP contribution in [0.5, 0.6) is 0 Å². The van der Waals surface area contributed by atoms with Crippen LogP contribution in [0.3, 0.4) is 0 Å². The van der Waals surface area contributed by atoms with E-state index in [1.54, 1.807) is 0 Å². The summed E-state index contributed by atoms with van der Waals surface area (Å²) in [6, 6.07) is 51.0. The largest absolute Gasteiger partial charge is 0.354 e. The van der Waals surface area contributed by atoms with Crippen molar-refractivity contribution in [1.29, 1.82) is 0 Å². The molecule has 7 aromatic carbocycles. The number of anilines is 3. The Morgan fingerprint density at radius 3 is 2.23 bits per heavy atom. The number of nitrogens with one attached hydrogen (secondary N) is 1. The second kappa shape index (κ2) is 9.16. The van der Waals surface area contributed by atoms with Crippen LogP contribution in [-0.2, 0) is 0 Å². The molecule has 1 N–H and O–H groups in total. The maximum Gasteiger partial charge on any atom is 0.197 e. The third-order valence-electron chi connectivity index (χ3n) is 9.18. The van der Waals surface area contributed by atoms with Crippen LogP contribution >= 0.6 is 11.8 Å². The summed E-state index contributed by atoms with van der Waals surface area (Å²) in [7, 11) is 2.40. The van der Waals surface area contributed by atoms with Crippen molar-refractivity contribution < 1.29 is 0 Å². The van der Waals surface area contributed by atoms with Gasteiger partial charge in [-0.05, 0) is 75.4 Å². The fraction of sp³-hybridized carbons (Fsp3) is 0. The van der Waals surface area contributed by atoms with E-state index >= 15 is 0 Å². The number of aromatic amines is 1. The topological polar surface area (TPSA) is 19.0 Å². The van der Waals surface area contributed by atoms with Gasteiger partial charge < -0.3 is 9.88 Å². The highest BCUT2D eigenvalue weighted by molar-refractivity contribution is 7.99. The molecule has 0 bridgehead atoms. The molecule has 4 heteroatoms. The lowest BCUT2D eigenvalue weighted by Crippen LogP contribution is -2.42. The molecule has 1 aromatic heterocycles. The van der Waals surface area contributed by atoms with Gasteiger partial charge in [0.2, 0.25) is 0 Å².